The number of nitrogen functional groups attached to an aromatic ring is 1. The minimum Gasteiger partial charge on any atom is -0.496 e. The van der Waals surface area contributed by atoms with Crippen LogP contribution in [0.3, 0.4) is 0 Å². The van der Waals surface area contributed by atoms with Crippen molar-refractivity contribution in [3.63, 3.8) is 0 Å². The number of aryl methyl sites for hydroxylation is 1. The zero-order valence-electron chi connectivity index (χ0n) is 13.4. The second kappa shape index (κ2) is 5.72. The first-order chi connectivity index (χ1) is 9.85. The molecule has 0 saturated carbocycles. The second-order valence-corrected chi connectivity index (χ2v) is 6.12. The molecular formula is C17H23N3O. The van der Waals surface area contributed by atoms with Crippen LogP contribution in [0.1, 0.15) is 39.0 Å². The summed E-state index contributed by atoms with van der Waals surface area (Å²) in [6.45, 7) is 8.60. The van der Waals surface area contributed by atoms with Crippen molar-refractivity contribution < 1.29 is 4.74 Å². The first-order valence-electron chi connectivity index (χ1n) is 7.17. The van der Waals surface area contributed by atoms with E-state index >= 15 is 0 Å². The van der Waals surface area contributed by atoms with E-state index in [1.807, 2.05) is 19.1 Å². The van der Waals surface area contributed by atoms with E-state index in [1.165, 1.54) is 5.56 Å². The van der Waals surface area contributed by atoms with E-state index in [1.54, 1.807) is 7.11 Å². The highest BCUT2D eigenvalue weighted by atomic mass is 16.5. The molecule has 2 aromatic rings. The summed E-state index contributed by atoms with van der Waals surface area (Å²) in [5.41, 5.74) is 9.81. The fourth-order valence-corrected chi connectivity index (χ4v) is 2.21. The topological polar surface area (TPSA) is 61.0 Å². The molecule has 0 fully saturated rings. The summed E-state index contributed by atoms with van der Waals surface area (Å²) in [5, 5.41) is 0. The molecule has 0 atom stereocenters. The lowest BCUT2D eigenvalue weighted by Gasteiger charge is -2.21. The number of ether oxygens (including phenoxy) is 1. The smallest absolute Gasteiger partial charge is 0.220 e. The molecule has 1 aromatic heterocycles. The molecule has 112 valence electrons. The van der Waals surface area contributed by atoms with E-state index in [0.29, 0.717) is 5.95 Å². The maximum Gasteiger partial charge on any atom is 0.220 e. The van der Waals surface area contributed by atoms with Gasteiger partial charge in [0.15, 0.2) is 0 Å². The standard InChI is InChI=1S/C17H23N3O/c1-6-12-10-14(20-16(18)19-12)13-9-11(17(2,3)4)7-8-15(13)21-5/h7-10H,6H2,1-5H3,(H2,18,19,20). The Kier molecular flexibility index (Phi) is 4.16. The monoisotopic (exact) mass is 285 g/mol. The van der Waals surface area contributed by atoms with Crippen LogP contribution in [0.15, 0.2) is 24.3 Å². The molecule has 0 aliphatic carbocycles. The largest absolute Gasteiger partial charge is 0.496 e. The molecule has 4 heteroatoms. The molecule has 2 N–H and O–H groups in total. The predicted molar refractivity (Wildman–Crippen MR) is 86.5 cm³/mol. The lowest BCUT2D eigenvalue weighted by Crippen LogP contribution is -2.11. The van der Waals surface area contributed by atoms with Crippen LogP contribution in [0.25, 0.3) is 11.3 Å². The lowest BCUT2D eigenvalue weighted by atomic mass is 9.85. The fraction of sp³-hybridized carbons (Fsp3) is 0.412. The van der Waals surface area contributed by atoms with Crippen LogP contribution >= 0.6 is 0 Å². The average molecular weight is 285 g/mol. The van der Waals surface area contributed by atoms with Gasteiger partial charge in [0.05, 0.1) is 12.8 Å². The molecule has 0 spiro atoms. The third-order valence-electron chi connectivity index (χ3n) is 3.50. The molecule has 4 nitrogen and oxygen atoms in total. The van der Waals surface area contributed by atoms with Gasteiger partial charge in [-0.05, 0) is 35.6 Å². The van der Waals surface area contributed by atoms with E-state index in [4.69, 9.17) is 10.5 Å². The highest BCUT2D eigenvalue weighted by molar-refractivity contribution is 5.69. The van der Waals surface area contributed by atoms with Crippen molar-refractivity contribution in [2.45, 2.75) is 39.5 Å². The molecule has 0 amide bonds. The summed E-state index contributed by atoms with van der Waals surface area (Å²) < 4.78 is 5.48. The number of benzene rings is 1. The molecule has 0 aliphatic heterocycles. The minimum absolute atomic E-state index is 0.0627. The van der Waals surface area contributed by atoms with E-state index < -0.39 is 0 Å². The molecule has 0 saturated heterocycles. The predicted octanol–water partition coefficient (Wildman–Crippen LogP) is 3.59. The molecule has 1 heterocycles. The third-order valence-corrected chi connectivity index (χ3v) is 3.50. The Hall–Kier alpha value is -2.10. The molecule has 0 unspecified atom stereocenters. The van der Waals surface area contributed by atoms with Crippen LogP contribution < -0.4 is 10.5 Å². The van der Waals surface area contributed by atoms with Crippen LogP contribution in [-0.2, 0) is 11.8 Å². The van der Waals surface area contributed by atoms with Crippen molar-refractivity contribution in [3.8, 4) is 17.0 Å². The highest BCUT2D eigenvalue weighted by Crippen LogP contribution is 2.34. The maximum absolute atomic E-state index is 5.82. The quantitative estimate of drug-likeness (QED) is 0.936. The Labute approximate surface area is 126 Å². The number of hydrogen-bond donors (Lipinski definition) is 1. The van der Waals surface area contributed by atoms with Gasteiger partial charge in [-0.3, -0.25) is 0 Å². The van der Waals surface area contributed by atoms with Crippen molar-refractivity contribution >= 4 is 5.95 Å². The molecule has 1 aromatic carbocycles. The number of methoxy groups -OCH3 is 1. The van der Waals surface area contributed by atoms with Gasteiger partial charge in [0.2, 0.25) is 5.95 Å². The van der Waals surface area contributed by atoms with Crippen LogP contribution in [0.4, 0.5) is 5.95 Å². The van der Waals surface area contributed by atoms with E-state index in [0.717, 1.165) is 29.1 Å². The zero-order chi connectivity index (χ0) is 15.6. The summed E-state index contributed by atoms with van der Waals surface area (Å²) in [4.78, 5) is 8.60. The number of hydrogen-bond acceptors (Lipinski definition) is 4. The average Bonchev–Trinajstić information content (AvgIpc) is 2.44. The SMILES string of the molecule is CCc1cc(-c2cc(C(C)(C)C)ccc2OC)nc(N)n1. The Morgan fingerprint density at radius 2 is 1.86 bits per heavy atom. The van der Waals surface area contributed by atoms with Crippen LogP contribution in [0.2, 0.25) is 0 Å². The van der Waals surface area contributed by atoms with E-state index in [9.17, 15) is 0 Å². The van der Waals surface area contributed by atoms with Gasteiger partial charge in [-0.2, -0.15) is 0 Å². The number of nitrogens with zero attached hydrogens (tertiary/aromatic N) is 2. The number of aromatic nitrogens is 2. The zero-order valence-corrected chi connectivity index (χ0v) is 13.4. The highest BCUT2D eigenvalue weighted by Gasteiger charge is 2.17. The second-order valence-electron chi connectivity index (χ2n) is 6.12. The normalized spacial score (nSPS) is 11.5. The van der Waals surface area contributed by atoms with Gasteiger partial charge < -0.3 is 10.5 Å². The summed E-state index contributed by atoms with van der Waals surface area (Å²) in [5.74, 6) is 1.09. The van der Waals surface area contributed by atoms with E-state index in [2.05, 4.69) is 42.9 Å². The Balaban J connectivity index is 2.63. The van der Waals surface area contributed by atoms with Gasteiger partial charge in [0.25, 0.3) is 0 Å². The molecular weight excluding hydrogens is 262 g/mol. The summed E-state index contributed by atoms with van der Waals surface area (Å²) in [6.07, 6.45) is 0.820. The van der Waals surface area contributed by atoms with Crippen LogP contribution in [-0.4, -0.2) is 17.1 Å². The maximum atomic E-state index is 5.82. The number of nitrogens with two attached hydrogens (primary N) is 1. The number of anilines is 1. The van der Waals surface area contributed by atoms with E-state index in [-0.39, 0.29) is 5.41 Å². The van der Waals surface area contributed by atoms with Gasteiger partial charge in [0, 0.05) is 11.3 Å². The molecule has 0 bridgehead atoms. The first kappa shape index (κ1) is 15.3. The third kappa shape index (κ3) is 3.32. The van der Waals surface area contributed by atoms with Crippen LogP contribution in [0, 0.1) is 0 Å². The lowest BCUT2D eigenvalue weighted by molar-refractivity contribution is 0.415. The van der Waals surface area contributed by atoms with Crippen molar-refractivity contribution in [2.24, 2.45) is 0 Å². The molecule has 2 rings (SSSR count). The number of rotatable bonds is 3. The Morgan fingerprint density at radius 1 is 1.14 bits per heavy atom. The van der Waals surface area contributed by atoms with Crippen molar-refractivity contribution in [2.75, 3.05) is 12.8 Å². The van der Waals surface area contributed by atoms with Gasteiger partial charge in [0.1, 0.15) is 5.75 Å². The summed E-state index contributed by atoms with van der Waals surface area (Å²) in [7, 11) is 1.67. The summed E-state index contributed by atoms with van der Waals surface area (Å²) >= 11 is 0. The molecule has 0 aliphatic rings. The van der Waals surface area contributed by atoms with Gasteiger partial charge in [-0.15, -0.1) is 0 Å². The van der Waals surface area contributed by atoms with Crippen molar-refractivity contribution in [1.82, 2.24) is 9.97 Å². The minimum atomic E-state index is 0.0627. The molecule has 0 radical (unpaired) electrons. The summed E-state index contributed by atoms with van der Waals surface area (Å²) in [6, 6.07) is 8.17. The Morgan fingerprint density at radius 3 is 2.43 bits per heavy atom. The molecule has 21 heavy (non-hydrogen) atoms. The van der Waals surface area contributed by atoms with Crippen molar-refractivity contribution in [3.05, 3.63) is 35.5 Å². The van der Waals surface area contributed by atoms with Gasteiger partial charge in [-0.25, -0.2) is 9.97 Å². The first-order valence-corrected chi connectivity index (χ1v) is 7.17. The van der Waals surface area contributed by atoms with Gasteiger partial charge in [-0.1, -0.05) is 33.8 Å². The van der Waals surface area contributed by atoms with Gasteiger partial charge >= 0.3 is 0 Å². The fourth-order valence-electron chi connectivity index (χ4n) is 2.21. The Bertz CT molecular complexity index is 645. The van der Waals surface area contributed by atoms with Crippen molar-refractivity contribution in [1.29, 1.82) is 0 Å². The van der Waals surface area contributed by atoms with Crippen LogP contribution in [0.5, 0.6) is 5.75 Å².